The zero-order valence-corrected chi connectivity index (χ0v) is 11.3. The molecule has 2 rings (SSSR count). The zero-order chi connectivity index (χ0) is 12.1. The van der Waals surface area contributed by atoms with Gasteiger partial charge < -0.3 is 0 Å². The van der Waals surface area contributed by atoms with Crippen molar-refractivity contribution in [2.24, 2.45) is 0 Å². The van der Waals surface area contributed by atoms with Crippen LogP contribution in [-0.2, 0) is 9.15 Å². The van der Waals surface area contributed by atoms with Crippen LogP contribution < -0.4 is 9.20 Å². The first-order chi connectivity index (χ1) is 8.29. The Morgan fingerprint density at radius 3 is 2.24 bits per heavy atom. The van der Waals surface area contributed by atoms with Crippen molar-refractivity contribution in [1.82, 2.24) is 0 Å². The molecule has 0 saturated carbocycles. The van der Waals surface area contributed by atoms with Crippen molar-refractivity contribution >= 4 is 18.3 Å². The second kappa shape index (κ2) is 5.76. The fraction of sp³-hybridized carbons (Fsp3) is 0.143. The normalized spacial score (nSPS) is 12.1. The van der Waals surface area contributed by atoms with Gasteiger partial charge in [0.25, 0.3) is 0 Å². The van der Waals surface area contributed by atoms with E-state index in [0.29, 0.717) is 5.32 Å². The molecule has 0 aliphatic rings. The maximum atomic E-state index is 12.2. The van der Waals surface area contributed by atoms with E-state index in [1.807, 2.05) is 54.6 Å². The Morgan fingerprint density at radius 2 is 1.65 bits per heavy atom. The van der Waals surface area contributed by atoms with Gasteiger partial charge >= 0.3 is 105 Å². The number of hydrogen-bond donors (Lipinski definition) is 0. The average Bonchev–Trinajstić information content (AvgIpc) is 2.40. The molecule has 0 aliphatic carbocycles. The summed E-state index contributed by atoms with van der Waals surface area (Å²) in [7, 11) is 1.63. The summed E-state index contributed by atoms with van der Waals surface area (Å²) in [6.45, 7) is 0. The van der Waals surface area contributed by atoms with Gasteiger partial charge in [0, 0.05) is 0 Å². The van der Waals surface area contributed by atoms with Gasteiger partial charge in [-0.2, -0.15) is 0 Å². The molecule has 2 aromatic rings. The van der Waals surface area contributed by atoms with Gasteiger partial charge in [-0.3, -0.25) is 0 Å². The van der Waals surface area contributed by atoms with Crippen LogP contribution in [-0.4, -0.2) is 20.9 Å². The molecule has 0 amide bonds. The molecule has 3 heteroatoms. The first kappa shape index (κ1) is 12.0. The predicted octanol–water partition coefficient (Wildman–Crippen LogP) is 2.11. The van der Waals surface area contributed by atoms with E-state index in [4.69, 9.17) is 4.74 Å². The molecule has 88 valence electrons. The first-order valence-corrected chi connectivity index (χ1v) is 8.12. The fourth-order valence-corrected chi connectivity index (χ4v) is 3.85. The quantitative estimate of drug-likeness (QED) is 0.807. The molecular formula is C14H14O2Se. The molecule has 0 aromatic heterocycles. The predicted molar refractivity (Wildman–Crippen MR) is 69.2 cm³/mol. The van der Waals surface area contributed by atoms with Crippen molar-refractivity contribution in [3.63, 3.8) is 0 Å². The Bertz CT molecular complexity index is 491. The van der Waals surface area contributed by atoms with Gasteiger partial charge in [-0.1, -0.05) is 0 Å². The second-order valence-electron chi connectivity index (χ2n) is 3.65. The van der Waals surface area contributed by atoms with Gasteiger partial charge in [0.2, 0.25) is 0 Å². The minimum absolute atomic E-state index is 0.646. The maximum absolute atomic E-state index is 12.2. The summed E-state index contributed by atoms with van der Waals surface area (Å²) in [5, 5.41) is 0.646. The van der Waals surface area contributed by atoms with Crippen molar-refractivity contribution in [2.45, 2.75) is 5.32 Å². The Kier molecular flexibility index (Phi) is 4.07. The zero-order valence-electron chi connectivity index (χ0n) is 9.63. The van der Waals surface area contributed by atoms with E-state index in [-0.39, 0.29) is 0 Å². The van der Waals surface area contributed by atoms with Gasteiger partial charge in [0.1, 0.15) is 0 Å². The number of benzene rings is 2. The molecule has 0 saturated heterocycles. The fourth-order valence-electron chi connectivity index (χ4n) is 1.54. The van der Waals surface area contributed by atoms with Crippen LogP contribution >= 0.6 is 0 Å². The SMILES string of the molecule is COc1ccc([Se](=O)Cc2ccccc2)cc1. The van der Waals surface area contributed by atoms with Gasteiger partial charge in [0.15, 0.2) is 0 Å². The van der Waals surface area contributed by atoms with Crippen molar-refractivity contribution in [3.8, 4) is 5.75 Å². The molecule has 0 N–H and O–H groups in total. The summed E-state index contributed by atoms with van der Waals surface area (Å²) < 4.78 is 18.2. The summed E-state index contributed by atoms with van der Waals surface area (Å²) in [6.07, 6.45) is 0. The van der Waals surface area contributed by atoms with E-state index < -0.39 is 13.8 Å². The third-order valence-electron chi connectivity index (χ3n) is 2.46. The monoisotopic (exact) mass is 294 g/mol. The van der Waals surface area contributed by atoms with E-state index in [0.717, 1.165) is 15.8 Å². The molecule has 0 radical (unpaired) electrons. The standard InChI is InChI=1S/C14H14O2Se/c1-16-13-7-9-14(10-8-13)17(15)11-12-5-3-2-4-6-12/h2-10H,11H2,1H3. The van der Waals surface area contributed by atoms with Crippen LogP contribution in [0, 0.1) is 0 Å². The Morgan fingerprint density at radius 1 is 1.00 bits per heavy atom. The molecule has 0 fully saturated rings. The Hall–Kier alpha value is -1.44. The number of methoxy groups -OCH3 is 1. The van der Waals surface area contributed by atoms with Crippen molar-refractivity contribution < 1.29 is 8.57 Å². The molecule has 0 bridgehead atoms. The van der Waals surface area contributed by atoms with Crippen LogP contribution in [0.1, 0.15) is 5.56 Å². The second-order valence-corrected chi connectivity index (χ2v) is 6.70. The van der Waals surface area contributed by atoms with Crippen LogP contribution in [0.3, 0.4) is 0 Å². The molecule has 17 heavy (non-hydrogen) atoms. The summed E-state index contributed by atoms with van der Waals surface area (Å²) in [5.74, 6) is 0.798. The molecule has 0 spiro atoms. The van der Waals surface area contributed by atoms with E-state index in [1.165, 1.54) is 0 Å². The number of hydrogen-bond acceptors (Lipinski definition) is 2. The molecule has 2 aromatic carbocycles. The van der Waals surface area contributed by atoms with Crippen molar-refractivity contribution in [3.05, 3.63) is 60.2 Å². The molecule has 0 heterocycles. The molecule has 1 unspecified atom stereocenters. The van der Waals surface area contributed by atoms with E-state index in [9.17, 15) is 3.83 Å². The van der Waals surface area contributed by atoms with Crippen LogP contribution in [0.15, 0.2) is 54.6 Å². The van der Waals surface area contributed by atoms with Crippen LogP contribution in [0.25, 0.3) is 0 Å². The Labute approximate surface area is 105 Å². The van der Waals surface area contributed by atoms with Gasteiger partial charge in [0.05, 0.1) is 0 Å². The number of rotatable bonds is 4. The first-order valence-electron chi connectivity index (χ1n) is 5.36. The molecule has 1 atom stereocenters. The van der Waals surface area contributed by atoms with Crippen molar-refractivity contribution in [2.75, 3.05) is 7.11 Å². The van der Waals surface area contributed by atoms with Gasteiger partial charge in [-0.25, -0.2) is 0 Å². The van der Waals surface area contributed by atoms with Gasteiger partial charge in [-0.05, 0) is 0 Å². The Balaban J connectivity index is 2.09. The van der Waals surface area contributed by atoms with Crippen molar-refractivity contribution in [1.29, 1.82) is 0 Å². The molecule has 0 aliphatic heterocycles. The third-order valence-corrected chi connectivity index (χ3v) is 5.39. The van der Waals surface area contributed by atoms with E-state index in [1.54, 1.807) is 7.11 Å². The van der Waals surface area contributed by atoms with Crippen LogP contribution in [0.2, 0.25) is 0 Å². The molecule has 2 nitrogen and oxygen atoms in total. The third kappa shape index (κ3) is 3.26. The van der Waals surface area contributed by atoms with Gasteiger partial charge in [-0.15, -0.1) is 0 Å². The summed E-state index contributed by atoms with van der Waals surface area (Å²) in [5.41, 5.74) is 1.13. The van der Waals surface area contributed by atoms with Crippen LogP contribution in [0.5, 0.6) is 5.75 Å². The summed E-state index contributed by atoms with van der Waals surface area (Å²) in [6, 6.07) is 17.4. The van der Waals surface area contributed by atoms with E-state index >= 15 is 0 Å². The van der Waals surface area contributed by atoms with E-state index in [2.05, 4.69) is 0 Å². The summed E-state index contributed by atoms with van der Waals surface area (Å²) >= 11 is -1.98. The average molecular weight is 293 g/mol. The summed E-state index contributed by atoms with van der Waals surface area (Å²) in [4.78, 5) is 0. The molecular weight excluding hydrogens is 279 g/mol. The topological polar surface area (TPSA) is 26.3 Å². The van der Waals surface area contributed by atoms with Crippen LogP contribution in [0.4, 0.5) is 0 Å². The number of ether oxygens (including phenoxy) is 1. The minimum atomic E-state index is -1.98.